The number of amides is 1. The van der Waals surface area contributed by atoms with E-state index in [1.807, 2.05) is 29.2 Å². The predicted molar refractivity (Wildman–Crippen MR) is 84.8 cm³/mol. The van der Waals surface area contributed by atoms with Crippen LogP contribution in [-0.2, 0) is 0 Å². The summed E-state index contributed by atoms with van der Waals surface area (Å²) in [6, 6.07) is 7.72. The highest BCUT2D eigenvalue weighted by atomic mass is 79.9. The van der Waals surface area contributed by atoms with Crippen molar-refractivity contribution in [1.29, 1.82) is 0 Å². The van der Waals surface area contributed by atoms with Gasteiger partial charge < -0.3 is 4.90 Å². The maximum atomic E-state index is 12.5. The quantitative estimate of drug-likeness (QED) is 0.732. The Balaban J connectivity index is 1.62. The third-order valence-corrected chi connectivity index (χ3v) is 5.65. The maximum Gasteiger partial charge on any atom is 0.253 e. The van der Waals surface area contributed by atoms with Crippen molar-refractivity contribution in [2.45, 2.75) is 44.9 Å². The molecule has 2 aliphatic rings. The molecule has 0 bridgehead atoms. The Morgan fingerprint density at radius 3 is 2.15 bits per heavy atom. The third kappa shape index (κ3) is 2.93. The minimum absolute atomic E-state index is 0.197. The molecular weight excluding hydrogens is 314 g/mol. The van der Waals surface area contributed by atoms with E-state index in [1.165, 1.54) is 44.9 Å². The lowest BCUT2D eigenvalue weighted by molar-refractivity contribution is 0.0472. The molecule has 0 atom stereocenters. The number of likely N-dealkylation sites (tertiary alicyclic amines) is 1. The number of piperidine rings is 1. The first-order valence-electron chi connectivity index (χ1n) is 7.73. The minimum atomic E-state index is 0.197. The number of halogens is 1. The highest BCUT2D eigenvalue weighted by Crippen LogP contribution is 2.44. The zero-order valence-corrected chi connectivity index (χ0v) is 13.5. The summed E-state index contributed by atoms with van der Waals surface area (Å²) in [5.74, 6) is 0.197. The Kier molecular flexibility index (Phi) is 4.16. The van der Waals surface area contributed by atoms with Crippen molar-refractivity contribution in [3.8, 4) is 0 Å². The van der Waals surface area contributed by atoms with Crippen LogP contribution in [0, 0.1) is 5.41 Å². The normalized spacial score (nSPS) is 21.9. The molecular formula is C17H22BrNO. The van der Waals surface area contributed by atoms with E-state index in [4.69, 9.17) is 0 Å². The number of carbonyl (C=O) groups is 1. The van der Waals surface area contributed by atoms with Crippen molar-refractivity contribution >= 4 is 21.8 Å². The first-order chi connectivity index (χ1) is 9.69. The molecule has 3 rings (SSSR count). The Morgan fingerprint density at radius 2 is 1.55 bits per heavy atom. The molecule has 108 valence electrons. The minimum Gasteiger partial charge on any atom is -0.339 e. The Hall–Kier alpha value is -0.830. The summed E-state index contributed by atoms with van der Waals surface area (Å²) >= 11 is 3.41. The highest BCUT2D eigenvalue weighted by molar-refractivity contribution is 9.10. The van der Waals surface area contributed by atoms with Crippen molar-refractivity contribution in [1.82, 2.24) is 4.90 Å². The second kappa shape index (κ2) is 5.88. The van der Waals surface area contributed by atoms with Gasteiger partial charge in [-0.15, -0.1) is 0 Å². The number of hydrogen-bond donors (Lipinski definition) is 0. The van der Waals surface area contributed by atoms with Gasteiger partial charge in [0.1, 0.15) is 0 Å². The fraction of sp³-hybridized carbons (Fsp3) is 0.588. The summed E-state index contributed by atoms with van der Waals surface area (Å²) < 4.78 is 1.02. The summed E-state index contributed by atoms with van der Waals surface area (Å²) in [6.45, 7) is 1.88. The zero-order valence-electron chi connectivity index (χ0n) is 11.9. The smallest absolute Gasteiger partial charge is 0.253 e. The monoisotopic (exact) mass is 335 g/mol. The van der Waals surface area contributed by atoms with E-state index in [-0.39, 0.29) is 5.91 Å². The van der Waals surface area contributed by atoms with E-state index in [1.54, 1.807) is 0 Å². The van der Waals surface area contributed by atoms with E-state index < -0.39 is 0 Å². The molecule has 0 aromatic heterocycles. The second-order valence-electron chi connectivity index (χ2n) is 6.36. The van der Waals surface area contributed by atoms with E-state index in [9.17, 15) is 4.79 Å². The maximum absolute atomic E-state index is 12.5. The lowest BCUT2D eigenvalue weighted by Gasteiger charge is -2.44. The SMILES string of the molecule is O=C(c1ccc(Br)cc1)N1CCC2(CCCCC2)CC1. The Labute approximate surface area is 129 Å². The van der Waals surface area contributed by atoms with Crippen LogP contribution >= 0.6 is 15.9 Å². The summed E-state index contributed by atoms with van der Waals surface area (Å²) in [6.07, 6.45) is 9.36. The molecule has 2 nitrogen and oxygen atoms in total. The number of benzene rings is 1. The van der Waals surface area contributed by atoms with Crippen molar-refractivity contribution < 1.29 is 4.79 Å². The fourth-order valence-corrected chi connectivity index (χ4v) is 4.03. The molecule has 3 heteroatoms. The molecule has 2 fully saturated rings. The molecule has 0 N–H and O–H groups in total. The average Bonchev–Trinajstić information content (AvgIpc) is 2.49. The summed E-state index contributed by atoms with van der Waals surface area (Å²) in [5.41, 5.74) is 1.38. The van der Waals surface area contributed by atoms with Crippen molar-refractivity contribution in [2.75, 3.05) is 13.1 Å². The molecule has 1 aliphatic carbocycles. The van der Waals surface area contributed by atoms with E-state index in [0.29, 0.717) is 5.41 Å². The third-order valence-electron chi connectivity index (χ3n) is 5.12. The molecule has 1 saturated carbocycles. The van der Waals surface area contributed by atoms with Gasteiger partial charge in [-0.3, -0.25) is 4.79 Å². The van der Waals surface area contributed by atoms with Crippen molar-refractivity contribution in [3.63, 3.8) is 0 Å². The van der Waals surface area contributed by atoms with Crippen LogP contribution in [-0.4, -0.2) is 23.9 Å². The first-order valence-corrected chi connectivity index (χ1v) is 8.53. The van der Waals surface area contributed by atoms with Crippen LogP contribution in [0.2, 0.25) is 0 Å². The van der Waals surface area contributed by atoms with Crippen LogP contribution in [0.1, 0.15) is 55.3 Å². The van der Waals surface area contributed by atoms with E-state index in [2.05, 4.69) is 15.9 Å². The van der Waals surface area contributed by atoms with Gasteiger partial charge in [-0.2, -0.15) is 0 Å². The zero-order chi connectivity index (χ0) is 14.0. The predicted octanol–water partition coefficient (Wildman–Crippen LogP) is 4.64. The summed E-state index contributed by atoms with van der Waals surface area (Å²) in [5, 5.41) is 0. The molecule has 1 spiro atoms. The molecule has 0 radical (unpaired) electrons. The van der Waals surface area contributed by atoms with Gasteiger partial charge in [0, 0.05) is 23.1 Å². The van der Waals surface area contributed by atoms with E-state index >= 15 is 0 Å². The lowest BCUT2D eigenvalue weighted by Crippen LogP contribution is -2.43. The standard InChI is InChI=1S/C17H22BrNO/c18-15-6-4-14(5-7-15)16(20)19-12-10-17(11-13-19)8-2-1-3-9-17/h4-7H,1-3,8-13H2. The Bertz CT molecular complexity index is 466. The molecule has 1 saturated heterocycles. The number of carbonyl (C=O) groups excluding carboxylic acids is 1. The first kappa shape index (κ1) is 14.1. The average molecular weight is 336 g/mol. The van der Waals surface area contributed by atoms with Crippen LogP contribution < -0.4 is 0 Å². The van der Waals surface area contributed by atoms with Gasteiger partial charge in [0.2, 0.25) is 0 Å². The van der Waals surface area contributed by atoms with Crippen molar-refractivity contribution in [2.24, 2.45) is 5.41 Å². The molecule has 1 amide bonds. The number of rotatable bonds is 1. The van der Waals surface area contributed by atoms with Gasteiger partial charge in [-0.05, 0) is 55.4 Å². The molecule has 0 unspecified atom stereocenters. The molecule has 1 heterocycles. The number of nitrogens with zero attached hydrogens (tertiary/aromatic N) is 1. The van der Waals surface area contributed by atoms with Gasteiger partial charge in [0.25, 0.3) is 5.91 Å². The van der Waals surface area contributed by atoms with Gasteiger partial charge >= 0.3 is 0 Å². The van der Waals surface area contributed by atoms with E-state index in [0.717, 1.165) is 23.1 Å². The van der Waals surface area contributed by atoms with Crippen LogP contribution in [0.4, 0.5) is 0 Å². The molecule has 1 aromatic carbocycles. The summed E-state index contributed by atoms with van der Waals surface area (Å²) in [4.78, 5) is 14.5. The number of hydrogen-bond acceptors (Lipinski definition) is 1. The van der Waals surface area contributed by atoms with Crippen LogP contribution in [0.25, 0.3) is 0 Å². The van der Waals surface area contributed by atoms with Crippen LogP contribution in [0.5, 0.6) is 0 Å². The van der Waals surface area contributed by atoms with Crippen LogP contribution in [0.3, 0.4) is 0 Å². The lowest BCUT2D eigenvalue weighted by atomic mass is 9.68. The fourth-order valence-electron chi connectivity index (χ4n) is 3.76. The van der Waals surface area contributed by atoms with Gasteiger partial charge in [0.05, 0.1) is 0 Å². The largest absolute Gasteiger partial charge is 0.339 e. The molecule has 1 aliphatic heterocycles. The molecule has 20 heavy (non-hydrogen) atoms. The Morgan fingerprint density at radius 1 is 0.950 bits per heavy atom. The van der Waals surface area contributed by atoms with Crippen molar-refractivity contribution in [3.05, 3.63) is 34.3 Å². The van der Waals surface area contributed by atoms with Gasteiger partial charge in [-0.1, -0.05) is 35.2 Å². The van der Waals surface area contributed by atoms with Gasteiger partial charge in [-0.25, -0.2) is 0 Å². The second-order valence-corrected chi connectivity index (χ2v) is 7.28. The van der Waals surface area contributed by atoms with Crippen LogP contribution in [0.15, 0.2) is 28.7 Å². The van der Waals surface area contributed by atoms with Gasteiger partial charge in [0.15, 0.2) is 0 Å². The molecule has 1 aromatic rings. The highest BCUT2D eigenvalue weighted by Gasteiger charge is 2.36. The summed E-state index contributed by atoms with van der Waals surface area (Å²) in [7, 11) is 0. The topological polar surface area (TPSA) is 20.3 Å².